The van der Waals surface area contributed by atoms with Crippen LogP contribution >= 0.6 is 0 Å². The summed E-state index contributed by atoms with van der Waals surface area (Å²) < 4.78 is 25.1. The number of hydrogen-bond donors (Lipinski definition) is 3. The molecule has 8 heteroatoms. The van der Waals surface area contributed by atoms with E-state index >= 15 is 0 Å². The van der Waals surface area contributed by atoms with E-state index in [9.17, 15) is 13.2 Å². The van der Waals surface area contributed by atoms with E-state index in [0.717, 1.165) is 4.31 Å². The van der Waals surface area contributed by atoms with E-state index in [-0.39, 0.29) is 16.8 Å². The average molecular weight is 298 g/mol. The second-order valence-corrected chi connectivity index (χ2v) is 7.04. The van der Waals surface area contributed by atoms with Gasteiger partial charge in [-0.2, -0.15) is 0 Å². The van der Waals surface area contributed by atoms with Crippen LogP contribution in [0.25, 0.3) is 0 Å². The third kappa shape index (κ3) is 2.86. The average Bonchev–Trinajstić information content (AvgIpc) is 2.77. The lowest BCUT2D eigenvalue weighted by molar-refractivity contribution is -0.119. The molecular weight excluding hydrogens is 280 g/mol. The van der Waals surface area contributed by atoms with Crippen LogP contribution in [0.1, 0.15) is 6.42 Å². The number of carbonyl (C=O) groups excluding carboxylic acids is 1. The van der Waals surface area contributed by atoms with Crippen molar-refractivity contribution in [2.24, 2.45) is 0 Å². The first-order valence-corrected chi connectivity index (χ1v) is 7.60. The number of nitrogens with one attached hydrogen (secondary N) is 2. The first-order chi connectivity index (χ1) is 9.30. The Hall–Kier alpha value is -1.80. The molecule has 20 heavy (non-hydrogen) atoms. The molecule has 1 aliphatic rings. The second-order valence-electron chi connectivity index (χ2n) is 4.89. The maximum Gasteiger partial charge on any atom is 0.242 e. The number of carbonyl (C=O) groups is 1. The summed E-state index contributed by atoms with van der Waals surface area (Å²) in [4.78, 5) is 11.3. The van der Waals surface area contributed by atoms with Gasteiger partial charge in [0, 0.05) is 27.1 Å². The first kappa shape index (κ1) is 14.6. The van der Waals surface area contributed by atoms with Crippen LogP contribution in [-0.2, 0) is 14.8 Å². The largest absolute Gasteiger partial charge is 0.397 e. The molecule has 1 heterocycles. The molecule has 1 saturated heterocycles. The number of nitrogens with two attached hydrogens (primary N) is 1. The fourth-order valence-corrected chi connectivity index (χ4v) is 2.91. The van der Waals surface area contributed by atoms with Gasteiger partial charge in [0.15, 0.2) is 0 Å². The standard InChI is InChI=1S/C12H18N4O3S/c1-16(2)20(18,19)9-3-4-11(10(13)6-9)15-8-5-12(17)14-7-8/h3-4,6,8,15H,5,7,13H2,1-2H3,(H,14,17). The Balaban J connectivity index is 2.20. The van der Waals surface area contributed by atoms with Crippen molar-refractivity contribution < 1.29 is 13.2 Å². The van der Waals surface area contributed by atoms with Crippen LogP contribution in [0.2, 0.25) is 0 Å². The Kier molecular flexibility index (Phi) is 3.87. The normalized spacial score (nSPS) is 19.1. The van der Waals surface area contributed by atoms with Crippen LogP contribution in [0.4, 0.5) is 11.4 Å². The van der Waals surface area contributed by atoms with Crippen molar-refractivity contribution in [2.75, 3.05) is 31.7 Å². The minimum absolute atomic E-state index is 0.00660. The monoisotopic (exact) mass is 298 g/mol. The zero-order chi connectivity index (χ0) is 14.9. The highest BCUT2D eigenvalue weighted by Gasteiger charge is 2.23. The van der Waals surface area contributed by atoms with Gasteiger partial charge in [-0.05, 0) is 18.2 Å². The van der Waals surface area contributed by atoms with Crippen LogP contribution in [0.5, 0.6) is 0 Å². The van der Waals surface area contributed by atoms with Gasteiger partial charge in [0.2, 0.25) is 15.9 Å². The molecule has 0 radical (unpaired) electrons. The summed E-state index contributed by atoms with van der Waals surface area (Å²) in [5.74, 6) is -0.00660. The predicted molar refractivity (Wildman–Crippen MR) is 76.8 cm³/mol. The smallest absolute Gasteiger partial charge is 0.242 e. The summed E-state index contributed by atoms with van der Waals surface area (Å²) in [7, 11) is -0.562. The van der Waals surface area contributed by atoms with Crippen molar-refractivity contribution >= 4 is 27.3 Å². The Morgan fingerprint density at radius 1 is 1.40 bits per heavy atom. The maximum atomic E-state index is 12.0. The molecule has 1 fully saturated rings. The van der Waals surface area contributed by atoms with Gasteiger partial charge in [-0.1, -0.05) is 0 Å². The maximum absolute atomic E-state index is 12.0. The van der Waals surface area contributed by atoms with Crippen molar-refractivity contribution in [3.63, 3.8) is 0 Å². The number of nitrogens with zero attached hydrogens (tertiary/aromatic N) is 1. The Bertz CT molecular complexity index is 628. The molecular formula is C12H18N4O3S. The van der Waals surface area contributed by atoms with E-state index in [1.54, 1.807) is 6.07 Å². The lowest BCUT2D eigenvalue weighted by atomic mass is 10.2. The lowest BCUT2D eigenvalue weighted by Gasteiger charge is -2.16. The molecule has 0 spiro atoms. The van der Waals surface area contributed by atoms with Gasteiger partial charge in [-0.15, -0.1) is 0 Å². The zero-order valence-electron chi connectivity index (χ0n) is 11.4. The SMILES string of the molecule is CN(C)S(=O)(=O)c1ccc(NC2CNC(=O)C2)c(N)c1. The fourth-order valence-electron chi connectivity index (χ4n) is 1.97. The first-order valence-electron chi connectivity index (χ1n) is 6.16. The molecule has 1 aromatic rings. The van der Waals surface area contributed by atoms with E-state index in [1.807, 2.05) is 0 Å². The Morgan fingerprint density at radius 2 is 2.10 bits per heavy atom. The van der Waals surface area contributed by atoms with Crippen LogP contribution in [0, 0.1) is 0 Å². The van der Waals surface area contributed by atoms with Gasteiger partial charge in [0.1, 0.15) is 0 Å². The van der Waals surface area contributed by atoms with Crippen LogP contribution < -0.4 is 16.4 Å². The van der Waals surface area contributed by atoms with Gasteiger partial charge < -0.3 is 16.4 Å². The van der Waals surface area contributed by atoms with Crippen molar-refractivity contribution in [2.45, 2.75) is 17.4 Å². The number of nitrogen functional groups attached to an aromatic ring is 1. The number of benzene rings is 1. The van der Waals surface area contributed by atoms with E-state index < -0.39 is 10.0 Å². The van der Waals surface area contributed by atoms with E-state index in [4.69, 9.17) is 5.73 Å². The van der Waals surface area contributed by atoms with E-state index in [1.165, 1.54) is 26.2 Å². The minimum Gasteiger partial charge on any atom is -0.397 e. The molecule has 1 unspecified atom stereocenters. The summed E-state index contributed by atoms with van der Waals surface area (Å²) in [6.45, 7) is 0.538. The molecule has 2 rings (SSSR count). The fraction of sp³-hybridized carbons (Fsp3) is 0.417. The van der Waals surface area contributed by atoms with Crippen LogP contribution in [-0.4, -0.2) is 45.3 Å². The Labute approximate surface area is 118 Å². The number of rotatable bonds is 4. The molecule has 7 nitrogen and oxygen atoms in total. The predicted octanol–water partition coefficient (Wildman–Crippen LogP) is -0.180. The summed E-state index contributed by atoms with van der Waals surface area (Å²) in [5.41, 5.74) is 6.85. The molecule has 1 aromatic carbocycles. The third-order valence-corrected chi connectivity index (χ3v) is 4.95. The van der Waals surface area contributed by atoms with E-state index in [0.29, 0.717) is 24.3 Å². The molecule has 0 aliphatic carbocycles. The lowest BCUT2D eigenvalue weighted by Crippen LogP contribution is -2.24. The molecule has 110 valence electrons. The van der Waals surface area contributed by atoms with Crippen molar-refractivity contribution in [1.82, 2.24) is 9.62 Å². The molecule has 4 N–H and O–H groups in total. The number of sulfonamides is 1. The van der Waals surface area contributed by atoms with Gasteiger partial charge in [0.25, 0.3) is 0 Å². The van der Waals surface area contributed by atoms with Crippen molar-refractivity contribution in [3.05, 3.63) is 18.2 Å². The summed E-state index contributed by atoms with van der Waals surface area (Å²) >= 11 is 0. The van der Waals surface area contributed by atoms with Gasteiger partial charge in [-0.25, -0.2) is 12.7 Å². The Morgan fingerprint density at radius 3 is 2.60 bits per heavy atom. The number of hydrogen-bond acceptors (Lipinski definition) is 5. The van der Waals surface area contributed by atoms with Crippen LogP contribution in [0.3, 0.4) is 0 Å². The quantitative estimate of drug-likeness (QED) is 0.669. The van der Waals surface area contributed by atoms with Crippen molar-refractivity contribution in [1.29, 1.82) is 0 Å². The highest BCUT2D eigenvalue weighted by atomic mass is 32.2. The summed E-state index contributed by atoms with van der Waals surface area (Å²) in [6.07, 6.45) is 0.386. The molecule has 0 saturated carbocycles. The molecule has 1 amide bonds. The second kappa shape index (κ2) is 5.29. The zero-order valence-corrected chi connectivity index (χ0v) is 12.2. The molecule has 1 aliphatic heterocycles. The summed E-state index contributed by atoms with van der Waals surface area (Å²) in [6, 6.07) is 4.51. The van der Waals surface area contributed by atoms with Gasteiger partial charge in [0.05, 0.1) is 22.3 Å². The molecule has 1 atom stereocenters. The van der Waals surface area contributed by atoms with Gasteiger partial charge in [-0.3, -0.25) is 4.79 Å². The molecule has 0 bridgehead atoms. The van der Waals surface area contributed by atoms with Crippen LogP contribution in [0.15, 0.2) is 23.1 Å². The number of anilines is 2. The van der Waals surface area contributed by atoms with E-state index in [2.05, 4.69) is 10.6 Å². The molecule has 0 aromatic heterocycles. The third-order valence-electron chi connectivity index (χ3n) is 3.14. The van der Waals surface area contributed by atoms with Gasteiger partial charge >= 0.3 is 0 Å². The highest BCUT2D eigenvalue weighted by molar-refractivity contribution is 7.89. The number of amides is 1. The topological polar surface area (TPSA) is 105 Å². The minimum atomic E-state index is -3.49. The van der Waals surface area contributed by atoms with Crippen molar-refractivity contribution in [3.8, 4) is 0 Å². The highest BCUT2D eigenvalue weighted by Crippen LogP contribution is 2.25. The summed E-state index contributed by atoms with van der Waals surface area (Å²) in [5, 5.41) is 5.85.